The molecule has 29 heavy (non-hydrogen) atoms. The maximum absolute atomic E-state index is 13.2. The molecule has 150 valence electrons. The third-order valence-corrected chi connectivity index (χ3v) is 6.19. The largest absolute Gasteiger partial charge is 0.387 e. The Morgan fingerprint density at radius 3 is 2.79 bits per heavy atom. The molecule has 0 atom stereocenters. The number of anilines is 1. The normalized spacial score (nSPS) is 14.1. The number of hydrogen-bond acceptors (Lipinski definition) is 7. The second-order valence-electron chi connectivity index (χ2n) is 6.43. The molecule has 3 aromatic rings. The van der Waals surface area contributed by atoms with Crippen molar-refractivity contribution in [3.05, 3.63) is 59.4 Å². The summed E-state index contributed by atoms with van der Waals surface area (Å²) in [6.45, 7) is 0.113. The number of thiazole rings is 1. The first-order valence-corrected chi connectivity index (χ1v) is 10.6. The molecule has 2 heterocycles. The molecule has 7 nitrogen and oxygen atoms in total. The van der Waals surface area contributed by atoms with Crippen LogP contribution in [0.2, 0.25) is 0 Å². The van der Waals surface area contributed by atoms with Crippen LogP contribution in [0.3, 0.4) is 0 Å². The highest BCUT2D eigenvalue weighted by molar-refractivity contribution is 8.00. The fraction of sp³-hybridized carbons (Fsp3) is 0.263. The van der Waals surface area contributed by atoms with Crippen LogP contribution in [0, 0.1) is 5.13 Å². The molecule has 10 heteroatoms. The molecule has 1 aliphatic carbocycles. The van der Waals surface area contributed by atoms with E-state index < -0.39 is 11.0 Å². The van der Waals surface area contributed by atoms with Gasteiger partial charge in [0.05, 0.1) is 6.20 Å². The van der Waals surface area contributed by atoms with Crippen LogP contribution in [0.1, 0.15) is 24.2 Å². The van der Waals surface area contributed by atoms with Crippen LogP contribution in [-0.4, -0.2) is 31.4 Å². The SMILES string of the molecule is Cn1ccnc1CO/N=C(/C(=O)Nc1ncc(F)s1)c1ccc(SC2CC2)cc1. The maximum Gasteiger partial charge on any atom is 0.280 e. The highest BCUT2D eigenvalue weighted by Gasteiger charge is 2.23. The van der Waals surface area contributed by atoms with Gasteiger partial charge in [-0.25, -0.2) is 9.97 Å². The number of aromatic nitrogens is 3. The highest BCUT2D eigenvalue weighted by Crippen LogP contribution is 2.39. The van der Waals surface area contributed by atoms with Crippen molar-refractivity contribution in [1.29, 1.82) is 0 Å². The molecule has 0 unspecified atom stereocenters. The van der Waals surface area contributed by atoms with Gasteiger partial charge in [0, 0.05) is 35.2 Å². The van der Waals surface area contributed by atoms with Crippen molar-refractivity contribution in [1.82, 2.24) is 14.5 Å². The number of hydrogen-bond donors (Lipinski definition) is 1. The fourth-order valence-electron chi connectivity index (χ4n) is 2.45. The molecule has 1 N–H and O–H groups in total. The lowest BCUT2D eigenvalue weighted by atomic mass is 10.1. The number of carbonyl (C=O) groups is 1. The lowest BCUT2D eigenvalue weighted by Crippen LogP contribution is -2.24. The Morgan fingerprint density at radius 2 is 2.17 bits per heavy atom. The molecule has 0 saturated heterocycles. The smallest absolute Gasteiger partial charge is 0.280 e. The summed E-state index contributed by atoms with van der Waals surface area (Å²) in [7, 11) is 1.84. The van der Waals surface area contributed by atoms with Crippen LogP contribution in [0.15, 0.2) is 52.9 Å². The number of nitrogens with one attached hydrogen (secondary N) is 1. The predicted molar refractivity (Wildman–Crippen MR) is 111 cm³/mol. The van der Waals surface area contributed by atoms with Crippen molar-refractivity contribution >= 4 is 39.8 Å². The first-order chi connectivity index (χ1) is 14.1. The zero-order chi connectivity index (χ0) is 20.2. The molecule has 0 bridgehead atoms. The molecule has 2 aromatic heterocycles. The minimum Gasteiger partial charge on any atom is -0.387 e. The van der Waals surface area contributed by atoms with Crippen LogP contribution in [0.5, 0.6) is 0 Å². The first-order valence-electron chi connectivity index (χ1n) is 8.94. The van der Waals surface area contributed by atoms with Gasteiger partial charge in [-0.1, -0.05) is 28.6 Å². The van der Waals surface area contributed by atoms with Crippen molar-refractivity contribution in [2.45, 2.75) is 29.6 Å². The van der Waals surface area contributed by atoms with E-state index in [9.17, 15) is 9.18 Å². The molecule has 0 aliphatic heterocycles. The standard InChI is InChI=1S/C19H18FN5O2S2/c1-25-9-8-21-16(25)11-27-24-17(18(26)23-19-22-10-15(20)29-19)12-2-4-13(5-3-12)28-14-6-7-14/h2-5,8-10,14H,6-7,11H2,1H3,(H,22,23,26)/b24-17+. The Balaban J connectivity index is 1.52. The van der Waals surface area contributed by atoms with E-state index in [2.05, 4.69) is 20.4 Å². The number of amides is 1. The summed E-state index contributed by atoms with van der Waals surface area (Å²) in [6.07, 6.45) is 6.99. The topological polar surface area (TPSA) is 81.4 Å². The third kappa shape index (κ3) is 5.21. The summed E-state index contributed by atoms with van der Waals surface area (Å²) < 4.78 is 15.0. The van der Waals surface area contributed by atoms with Gasteiger partial charge in [0.25, 0.3) is 5.91 Å². The summed E-state index contributed by atoms with van der Waals surface area (Å²) in [6, 6.07) is 7.58. The Kier molecular flexibility index (Phi) is 5.91. The zero-order valence-corrected chi connectivity index (χ0v) is 17.2. The second-order valence-corrected chi connectivity index (χ2v) is 8.79. The molecule has 1 fully saturated rings. The molecular weight excluding hydrogens is 413 g/mol. The van der Waals surface area contributed by atoms with Gasteiger partial charge in [0.15, 0.2) is 22.6 Å². The van der Waals surface area contributed by atoms with Crippen LogP contribution in [0.4, 0.5) is 9.52 Å². The van der Waals surface area contributed by atoms with Crippen molar-refractivity contribution in [2.24, 2.45) is 12.2 Å². The van der Waals surface area contributed by atoms with Crippen LogP contribution in [0.25, 0.3) is 0 Å². The molecule has 0 radical (unpaired) electrons. The summed E-state index contributed by atoms with van der Waals surface area (Å²) in [5.41, 5.74) is 0.678. The molecule has 4 rings (SSSR count). The number of nitrogens with zero attached hydrogens (tertiary/aromatic N) is 4. The van der Waals surface area contributed by atoms with Gasteiger partial charge in [-0.15, -0.1) is 11.8 Å². The second kappa shape index (κ2) is 8.75. The van der Waals surface area contributed by atoms with Crippen LogP contribution >= 0.6 is 23.1 Å². The van der Waals surface area contributed by atoms with Crippen LogP contribution in [-0.2, 0) is 23.3 Å². The fourth-order valence-corrected chi connectivity index (χ4v) is 4.04. The van der Waals surface area contributed by atoms with E-state index in [1.807, 2.05) is 43.1 Å². The molecule has 1 saturated carbocycles. The molecular formula is C19H18FN5O2S2. The molecule has 0 spiro atoms. The van der Waals surface area contributed by atoms with E-state index in [1.165, 1.54) is 12.8 Å². The Morgan fingerprint density at radius 1 is 1.38 bits per heavy atom. The van der Waals surface area contributed by atoms with Crippen molar-refractivity contribution in [2.75, 3.05) is 5.32 Å². The monoisotopic (exact) mass is 431 g/mol. The van der Waals surface area contributed by atoms with Gasteiger partial charge in [-0.3, -0.25) is 10.1 Å². The average molecular weight is 432 g/mol. The number of aryl methyl sites for hydroxylation is 1. The quantitative estimate of drug-likeness (QED) is 0.433. The lowest BCUT2D eigenvalue weighted by Gasteiger charge is -2.08. The van der Waals surface area contributed by atoms with E-state index in [1.54, 1.807) is 17.0 Å². The highest BCUT2D eigenvalue weighted by atomic mass is 32.2. The van der Waals surface area contributed by atoms with Crippen molar-refractivity contribution < 1.29 is 14.0 Å². The summed E-state index contributed by atoms with van der Waals surface area (Å²) >= 11 is 2.58. The molecule has 1 aliphatic rings. The van der Waals surface area contributed by atoms with Gasteiger partial charge in [0.1, 0.15) is 5.82 Å². The summed E-state index contributed by atoms with van der Waals surface area (Å²) in [4.78, 5) is 27.3. The number of imidazole rings is 1. The van der Waals surface area contributed by atoms with Gasteiger partial charge in [-0.2, -0.15) is 4.39 Å². The van der Waals surface area contributed by atoms with Crippen molar-refractivity contribution in [3.63, 3.8) is 0 Å². The van der Waals surface area contributed by atoms with Gasteiger partial charge >= 0.3 is 0 Å². The number of benzene rings is 1. The predicted octanol–water partition coefficient (Wildman–Crippen LogP) is 3.83. The zero-order valence-electron chi connectivity index (χ0n) is 15.5. The third-order valence-electron chi connectivity index (χ3n) is 4.14. The Hall–Kier alpha value is -2.72. The Labute approximate surface area is 175 Å². The maximum atomic E-state index is 13.2. The number of rotatable bonds is 8. The number of thioether (sulfide) groups is 1. The number of oxime groups is 1. The average Bonchev–Trinajstić information content (AvgIpc) is 3.29. The van der Waals surface area contributed by atoms with E-state index in [0.29, 0.717) is 16.6 Å². The van der Waals surface area contributed by atoms with Gasteiger partial charge in [0.2, 0.25) is 0 Å². The minimum atomic E-state index is -0.526. The van der Waals surface area contributed by atoms with E-state index in [0.717, 1.165) is 22.4 Å². The molecule has 1 aromatic carbocycles. The van der Waals surface area contributed by atoms with E-state index in [4.69, 9.17) is 4.84 Å². The first kappa shape index (κ1) is 19.6. The summed E-state index contributed by atoms with van der Waals surface area (Å²) in [5, 5.41) is 6.98. The minimum absolute atomic E-state index is 0.0813. The lowest BCUT2D eigenvalue weighted by molar-refractivity contribution is -0.110. The van der Waals surface area contributed by atoms with Crippen molar-refractivity contribution in [3.8, 4) is 0 Å². The number of carbonyl (C=O) groups excluding carboxylic acids is 1. The van der Waals surface area contributed by atoms with E-state index >= 15 is 0 Å². The van der Waals surface area contributed by atoms with E-state index in [-0.39, 0.29) is 17.5 Å². The van der Waals surface area contributed by atoms with Gasteiger partial charge in [-0.05, 0) is 25.0 Å². The van der Waals surface area contributed by atoms with Crippen LogP contribution < -0.4 is 5.32 Å². The summed E-state index contributed by atoms with van der Waals surface area (Å²) in [5.74, 6) is 0.147. The molecule has 1 amide bonds. The number of halogens is 1. The van der Waals surface area contributed by atoms with Gasteiger partial charge < -0.3 is 9.40 Å². The Bertz CT molecular complexity index is 1030.